The van der Waals surface area contributed by atoms with Crippen LogP contribution in [0.5, 0.6) is 0 Å². The predicted octanol–water partition coefficient (Wildman–Crippen LogP) is 2.46. The number of thiophene rings is 1. The summed E-state index contributed by atoms with van der Waals surface area (Å²) in [5.41, 5.74) is 1.04. The van der Waals surface area contributed by atoms with Crippen molar-refractivity contribution >= 4 is 34.7 Å². The SMILES string of the molecule is CC(NC(=O)NCc1ccsc1)c1nc(C(=O)O)cs1. The first-order valence-corrected chi connectivity index (χ1v) is 7.62. The van der Waals surface area contributed by atoms with Gasteiger partial charge >= 0.3 is 12.0 Å². The van der Waals surface area contributed by atoms with Crippen LogP contribution in [0.4, 0.5) is 4.79 Å². The fourth-order valence-corrected chi connectivity index (χ4v) is 2.94. The van der Waals surface area contributed by atoms with Crippen molar-refractivity contribution < 1.29 is 14.7 Å². The Morgan fingerprint density at radius 3 is 2.85 bits per heavy atom. The molecule has 20 heavy (non-hydrogen) atoms. The summed E-state index contributed by atoms with van der Waals surface area (Å²) < 4.78 is 0. The molecule has 2 amide bonds. The van der Waals surface area contributed by atoms with E-state index in [1.165, 1.54) is 16.7 Å². The summed E-state index contributed by atoms with van der Waals surface area (Å²) in [5, 5.41) is 20.2. The Balaban J connectivity index is 1.85. The van der Waals surface area contributed by atoms with Gasteiger partial charge in [-0.2, -0.15) is 11.3 Å². The van der Waals surface area contributed by atoms with Crippen LogP contribution < -0.4 is 10.6 Å². The number of amides is 2. The summed E-state index contributed by atoms with van der Waals surface area (Å²) in [7, 11) is 0. The summed E-state index contributed by atoms with van der Waals surface area (Å²) in [6.45, 7) is 2.22. The normalized spacial score (nSPS) is 11.8. The quantitative estimate of drug-likeness (QED) is 0.791. The Bertz CT molecular complexity index is 595. The molecule has 0 bridgehead atoms. The number of nitrogens with zero attached hydrogens (tertiary/aromatic N) is 1. The molecule has 2 aromatic rings. The molecule has 0 aliphatic rings. The second-order valence-electron chi connectivity index (χ2n) is 4.06. The average Bonchev–Trinajstić information content (AvgIpc) is 3.07. The fourth-order valence-electron chi connectivity index (χ4n) is 1.47. The lowest BCUT2D eigenvalue weighted by Gasteiger charge is -2.11. The summed E-state index contributed by atoms with van der Waals surface area (Å²) in [6, 6.07) is 1.29. The highest BCUT2D eigenvalue weighted by atomic mass is 32.1. The van der Waals surface area contributed by atoms with E-state index >= 15 is 0 Å². The van der Waals surface area contributed by atoms with E-state index in [0.29, 0.717) is 11.6 Å². The Morgan fingerprint density at radius 2 is 2.25 bits per heavy atom. The van der Waals surface area contributed by atoms with Gasteiger partial charge in [0.1, 0.15) is 5.01 Å². The third kappa shape index (κ3) is 3.78. The minimum absolute atomic E-state index is 0.00247. The third-order valence-electron chi connectivity index (χ3n) is 2.49. The van der Waals surface area contributed by atoms with Gasteiger partial charge in [0.15, 0.2) is 5.69 Å². The molecule has 0 fully saturated rings. The van der Waals surface area contributed by atoms with Gasteiger partial charge in [0, 0.05) is 11.9 Å². The van der Waals surface area contributed by atoms with E-state index < -0.39 is 5.97 Å². The number of urea groups is 1. The van der Waals surface area contributed by atoms with Crippen molar-refractivity contribution in [1.82, 2.24) is 15.6 Å². The largest absolute Gasteiger partial charge is 0.476 e. The zero-order valence-corrected chi connectivity index (χ0v) is 12.3. The molecule has 0 saturated carbocycles. The molecular formula is C12H13N3O3S2. The van der Waals surface area contributed by atoms with Crippen molar-refractivity contribution in [3.8, 4) is 0 Å². The number of carbonyl (C=O) groups excluding carboxylic acids is 1. The number of rotatable bonds is 5. The van der Waals surface area contributed by atoms with Crippen LogP contribution >= 0.6 is 22.7 Å². The molecule has 2 aromatic heterocycles. The van der Waals surface area contributed by atoms with Gasteiger partial charge in [0.05, 0.1) is 6.04 Å². The number of hydrogen-bond donors (Lipinski definition) is 3. The average molecular weight is 311 g/mol. The molecule has 2 rings (SSSR count). The van der Waals surface area contributed by atoms with Crippen LogP contribution in [0.1, 0.15) is 34.0 Å². The summed E-state index contributed by atoms with van der Waals surface area (Å²) in [6.07, 6.45) is 0. The molecule has 0 radical (unpaired) electrons. The van der Waals surface area contributed by atoms with Gasteiger partial charge in [-0.05, 0) is 29.3 Å². The van der Waals surface area contributed by atoms with Crippen LogP contribution in [-0.4, -0.2) is 22.1 Å². The standard InChI is InChI=1S/C12H13N3O3S2/c1-7(10-15-9(6-20-10)11(16)17)14-12(18)13-4-8-2-3-19-5-8/h2-3,5-7H,4H2,1H3,(H,16,17)(H2,13,14,18). The van der Waals surface area contributed by atoms with E-state index in [2.05, 4.69) is 15.6 Å². The zero-order chi connectivity index (χ0) is 14.5. The first-order chi connectivity index (χ1) is 9.56. The molecule has 0 aliphatic heterocycles. The number of thiazole rings is 1. The number of hydrogen-bond acceptors (Lipinski definition) is 5. The Morgan fingerprint density at radius 1 is 1.45 bits per heavy atom. The third-order valence-corrected chi connectivity index (χ3v) is 4.25. The summed E-state index contributed by atoms with van der Waals surface area (Å²) in [5.74, 6) is -1.07. The molecule has 8 heteroatoms. The van der Waals surface area contributed by atoms with Crippen LogP contribution in [0.15, 0.2) is 22.2 Å². The molecule has 0 aromatic carbocycles. The molecule has 1 unspecified atom stereocenters. The molecular weight excluding hydrogens is 298 g/mol. The second kappa shape index (κ2) is 6.49. The van der Waals surface area contributed by atoms with Gasteiger partial charge in [-0.3, -0.25) is 0 Å². The molecule has 6 nitrogen and oxygen atoms in total. The van der Waals surface area contributed by atoms with Crippen molar-refractivity contribution in [2.24, 2.45) is 0 Å². The Labute approximate surface area is 123 Å². The molecule has 106 valence electrons. The lowest BCUT2D eigenvalue weighted by molar-refractivity contribution is 0.0691. The monoisotopic (exact) mass is 311 g/mol. The van der Waals surface area contributed by atoms with Gasteiger partial charge in [-0.25, -0.2) is 14.6 Å². The molecule has 0 aliphatic carbocycles. The lowest BCUT2D eigenvalue weighted by atomic mass is 10.3. The van der Waals surface area contributed by atoms with Crippen molar-refractivity contribution in [2.45, 2.75) is 19.5 Å². The maximum Gasteiger partial charge on any atom is 0.355 e. The van der Waals surface area contributed by atoms with Crippen LogP contribution in [0.3, 0.4) is 0 Å². The number of carboxylic acids is 1. The molecule has 0 saturated heterocycles. The van der Waals surface area contributed by atoms with Gasteiger partial charge in [0.2, 0.25) is 0 Å². The van der Waals surface area contributed by atoms with Crippen LogP contribution in [0, 0.1) is 0 Å². The predicted molar refractivity (Wildman–Crippen MR) is 77.2 cm³/mol. The number of carboxylic acid groups (broad SMARTS) is 1. The van der Waals surface area contributed by atoms with Crippen molar-refractivity contribution in [2.75, 3.05) is 0 Å². The van der Waals surface area contributed by atoms with Crippen LogP contribution in [-0.2, 0) is 6.54 Å². The number of aromatic nitrogens is 1. The second-order valence-corrected chi connectivity index (χ2v) is 5.73. The Kier molecular flexibility index (Phi) is 4.70. The number of carbonyl (C=O) groups is 2. The van der Waals surface area contributed by atoms with E-state index in [4.69, 9.17) is 5.11 Å². The molecule has 0 spiro atoms. The lowest BCUT2D eigenvalue weighted by Crippen LogP contribution is -2.36. The van der Waals surface area contributed by atoms with E-state index in [1.807, 2.05) is 16.8 Å². The molecule has 3 N–H and O–H groups in total. The number of aromatic carboxylic acids is 1. The number of nitrogens with one attached hydrogen (secondary N) is 2. The maximum absolute atomic E-state index is 11.7. The maximum atomic E-state index is 11.7. The highest BCUT2D eigenvalue weighted by Crippen LogP contribution is 2.17. The fraction of sp³-hybridized carbons (Fsp3) is 0.250. The van der Waals surface area contributed by atoms with Crippen molar-refractivity contribution in [3.63, 3.8) is 0 Å². The van der Waals surface area contributed by atoms with Crippen molar-refractivity contribution in [1.29, 1.82) is 0 Å². The van der Waals surface area contributed by atoms with Crippen molar-refractivity contribution in [3.05, 3.63) is 38.5 Å². The summed E-state index contributed by atoms with van der Waals surface area (Å²) >= 11 is 2.78. The van der Waals surface area contributed by atoms with Gasteiger partial charge < -0.3 is 15.7 Å². The van der Waals surface area contributed by atoms with E-state index in [0.717, 1.165) is 5.56 Å². The van der Waals surface area contributed by atoms with Gasteiger partial charge in [0.25, 0.3) is 0 Å². The molecule has 2 heterocycles. The van der Waals surface area contributed by atoms with E-state index in [-0.39, 0.29) is 17.8 Å². The van der Waals surface area contributed by atoms with Crippen LogP contribution in [0.2, 0.25) is 0 Å². The highest BCUT2D eigenvalue weighted by molar-refractivity contribution is 7.10. The summed E-state index contributed by atoms with van der Waals surface area (Å²) in [4.78, 5) is 26.4. The van der Waals surface area contributed by atoms with Crippen LogP contribution in [0.25, 0.3) is 0 Å². The van der Waals surface area contributed by atoms with E-state index in [9.17, 15) is 9.59 Å². The van der Waals surface area contributed by atoms with Gasteiger partial charge in [-0.1, -0.05) is 0 Å². The minimum Gasteiger partial charge on any atom is -0.476 e. The minimum atomic E-state index is -1.07. The zero-order valence-electron chi connectivity index (χ0n) is 10.6. The smallest absolute Gasteiger partial charge is 0.355 e. The topological polar surface area (TPSA) is 91.3 Å². The highest BCUT2D eigenvalue weighted by Gasteiger charge is 2.15. The Hall–Kier alpha value is -1.93. The van der Waals surface area contributed by atoms with Gasteiger partial charge in [-0.15, -0.1) is 11.3 Å². The molecule has 1 atom stereocenters. The first-order valence-electron chi connectivity index (χ1n) is 5.80. The van der Waals surface area contributed by atoms with E-state index in [1.54, 1.807) is 18.3 Å². The first kappa shape index (κ1) is 14.5.